The number of rotatable bonds is 5. The number of carbonyl (C=O) groups is 1. The van der Waals surface area contributed by atoms with Crippen molar-refractivity contribution in [1.29, 1.82) is 0 Å². The fourth-order valence-electron chi connectivity index (χ4n) is 4.21. The molecule has 0 N–H and O–H groups in total. The molecular weight excluding hydrogens is 398 g/mol. The molecule has 0 fully saturated rings. The molecule has 0 aromatic heterocycles. The van der Waals surface area contributed by atoms with E-state index in [1.807, 2.05) is 57.2 Å². The van der Waals surface area contributed by atoms with Gasteiger partial charge in [-0.3, -0.25) is 0 Å². The summed E-state index contributed by atoms with van der Waals surface area (Å²) < 4.78 is 12.3. The third-order valence-corrected chi connectivity index (χ3v) is 5.78. The van der Waals surface area contributed by atoms with E-state index in [1.54, 1.807) is 11.9 Å². The summed E-state index contributed by atoms with van der Waals surface area (Å²) in [5, 5.41) is 0. The topological polar surface area (TPSA) is 38.8 Å². The van der Waals surface area contributed by atoms with Crippen LogP contribution in [-0.2, 0) is 17.6 Å². The van der Waals surface area contributed by atoms with E-state index in [2.05, 4.69) is 42.5 Å². The highest BCUT2D eigenvalue weighted by molar-refractivity contribution is 5.68. The van der Waals surface area contributed by atoms with Crippen LogP contribution in [0, 0.1) is 0 Å². The van der Waals surface area contributed by atoms with E-state index in [0.29, 0.717) is 0 Å². The van der Waals surface area contributed by atoms with Gasteiger partial charge in [-0.05, 0) is 55.5 Å². The lowest BCUT2D eigenvalue weighted by Gasteiger charge is -2.32. The molecule has 2 atom stereocenters. The van der Waals surface area contributed by atoms with Crippen LogP contribution in [0.5, 0.6) is 5.75 Å². The van der Waals surface area contributed by atoms with E-state index in [-0.39, 0.29) is 18.2 Å². The maximum atomic E-state index is 12.9. The molecule has 0 heterocycles. The molecule has 0 bridgehead atoms. The second-order valence-electron chi connectivity index (χ2n) is 9.37. The second kappa shape index (κ2) is 9.07. The Hall–Kier alpha value is -3.27. The first-order chi connectivity index (χ1) is 15.3. The van der Waals surface area contributed by atoms with E-state index in [9.17, 15) is 4.79 Å². The van der Waals surface area contributed by atoms with E-state index < -0.39 is 5.60 Å². The number of carbonyl (C=O) groups excluding carboxylic acids is 1. The number of para-hydroxylation sites is 1. The van der Waals surface area contributed by atoms with Crippen LogP contribution < -0.4 is 4.74 Å². The van der Waals surface area contributed by atoms with Crippen LogP contribution in [-0.4, -0.2) is 29.7 Å². The van der Waals surface area contributed by atoms with E-state index >= 15 is 0 Å². The first-order valence-electron chi connectivity index (χ1n) is 11.1. The van der Waals surface area contributed by atoms with Gasteiger partial charge in [-0.1, -0.05) is 72.8 Å². The van der Waals surface area contributed by atoms with Gasteiger partial charge in [0.05, 0.1) is 6.04 Å². The fourth-order valence-corrected chi connectivity index (χ4v) is 4.21. The largest absolute Gasteiger partial charge is 0.483 e. The van der Waals surface area contributed by atoms with Crippen molar-refractivity contribution in [1.82, 2.24) is 4.90 Å². The molecule has 166 valence electrons. The number of amides is 1. The summed E-state index contributed by atoms with van der Waals surface area (Å²) in [7, 11) is 1.80. The van der Waals surface area contributed by atoms with Crippen molar-refractivity contribution in [2.75, 3.05) is 7.05 Å². The molecule has 4 heteroatoms. The Morgan fingerprint density at radius 3 is 2.34 bits per heavy atom. The molecule has 0 spiro atoms. The van der Waals surface area contributed by atoms with Gasteiger partial charge in [0, 0.05) is 13.5 Å². The second-order valence-corrected chi connectivity index (χ2v) is 9.37. The molecule has 32 heavy (non-hydrogen) atoms. The minimum atomic E-state index is -0.546. The van der Waals surface area contributed by atoms with E-state index in [4.69, 9.17) is 9.47 Å². The Bertz CT molecular complexity index is 1070. The van der Waals surface area contributed by atoms with Crippen molar-refractivity contribution in [3.63, 3.8) is 0 Å². The summed E-state index contributed by atoms with van der Waals surface area (Å²) in [6.07, 6.45) is 0.928. The Balaban J connectivity index is 1.62. The van der Waals surface area contributed by atoms with Gasteiger partial charge in [0.1, 0.15) is 17.5 Å². The summed E-state index contributed by atoms with van der Waals surface area (Å²) in [5.41, 5.74) is 4.15. The fraction of sp³-hybridized carbons (Fsp3) is 0.321. The van der Waals surface area contributed by atoms with E-state index in [0.717, 1.165) is 29.7 Å². The maximum absolute atomic E-state index is 12.9. The third-order valence-electron chi connectivity index (χ3n) is 5.78. The summed E-state index contributed by atoms with van der Waals surface area (Å²) in [6, 6.07) is 26.7. The zero-order chi connectivity index (χ0) is 22.7. The Labute approximate surface area is 190 Å². The van der Waals surface area contributed by atoms with Crippen molar-refractivity contribution in [2.24, 2.45) is 0 Å². The van der Waals surface area contributed by atoms with Crippen LogP contribution in [0.4, 0.5) is 4.79 Å². The molecule has 0 saturated carbocycles. The van der Waals surface area contributed by atoms with Crippen LogP contribution in [0.3, 0.4) is 0 Å². The van der Waals surface area contributed by atoms with Gasteiger partial charge in [-0.25, -0.2) is 4.79 Å². The van der Waals surface area contributed by atoms with Crippen LogP contribution in [0.15, 0.2) is 78.9 Å². The van der Waals surface area contributed by atoms with Crippen molar-refractivity contribution in [3.05, 3.63) is 101 Å². The van der Waals surface area contributed by atoms with Gasteiger partial charge < -0.3 is 14.4 Å². The number of hydrogen-bond donors (Lipinski definition) is 0. The van der Waals surface area contributed by atoms with Gasteiger partial charge in [-0.2, -0.15) is 0 Å². The first kappa shape index (κ1) is 21.9. The van der Waals surface area contributed by atoms with Crippen molar-refractivity contribution >= 4 is 6.09 Å². The summed E-state index contributed by atoms with van der Waals surface area (Å²) in [5.74, 6) is 0.848. The van der Waals surface area contributed by atoms with Crippen molar-refractivity contribution < 1.29 is 14.3 Å². The highest BCUT2D eigenvalue weighted by Crippen LogP contribution is 2.39. The maximum Gasteiger partial charge on any atom is 0.410 e. The summed E-state index contributed by atoms with van der Waals surface area (Å²) in [4.78, 5) is 14.5. The van der Waals surface area contributed by atoms with Gasteiger partial charge in [0.15, 0.2) is 0 Å². The predicted molar refractivity (Wildman–Crippen MR) is 127 cm³/mol. The highest BCUT2D eigenvalue weighted by Gasteiger charge is 2.40. The minimum absolute atomic E-state index is 0.146. The molecule has 0 saturated heterocycles. The number of likely N-dealkylation sites (N-methyl/N-ethyl adjacent to an activating group) is 1. The van der Waals surface area contributed by atoms with Gasteiger partial charge in [-0.15, -0.1) is 0 Å². The van der Waals surface area contributed by atoms with Crippen LogP contribution in [0.25, 0.3) is 0 Å². The molecule has 3 aromatic rings. The average molecular weight is 430 g/mol. The van der Waals surface area contributed by atoms with E-state index in [1.165, 1.54) is 11.1 Å². The van der Waals surface area contributed by atoms with Crippen LogP contribution in [0.1, 0.15) is 49.1 Å². The SMILES string of the molecule is CN(C(=O)OC(C)(C)C)C1Cc2ccccc2C1Oc1ccccc1Cc1ccccc1. The number of nitrogens with zero attached hydrogens (tertiary/aromatic N) is 1. The quantitative estimate of drug-likeness (QED) is 0.485. The Morgan fingerprint density at radius 1 is 0.938 bits per heavy atom. The first-order valence-corrected chi connectivity index (χ1v) is 11.1. The standard InChI is InChI=1S/C28H31NO3/c1-28(2,3)32-27(30)29(4)24-19-21-14-8-10-16-23(21)26(24)31-25-17-11-9-15-22(25)18-20-12-6-5-7-13-20/h5-17,24,26H,18-19H2,1-4H3. The molecular formula is C28H31NO3. The Kier molecular flexibility index (Phi) is 6.22. The van der Waals surface area contributed by atoms with Crippen molar-refractivity contribution in [2.45, 2.75) is 51.4 Å². The third kappa shape index (κ3) is 4.96. The minimum Gasteiger partial charge on any atom is -0.483 e. The lowest BCUT2D eigenvalue weighted by molar-refractivity contribution is 0.00921. The van der Waals surface area contributed by atoms with Gasteiger partial charge in [0.25, 0.3) is 0 Å². The van der Waals surface area contributed by atoms with Crippen molar-refractivity contribution in [3.8, 4) is 5.75 Å². The lowest BCUT2D eigenvalue weighted by atomic mass is 10.0. The molecule has 2 unspecified atom stereocenters. The highest BCUT2D eigenvalue weighted by atomic mass is 16.6. The predicted octanol–water partition coefficient (Wildman–Crippen LogP) is 6.19. The molecule has 3 aromatic carbocycles. The number of hydrogen-bond acceptors (Lipinski definition) is 3. The molecule has 1 aliphatic rings. The number of ether oxygens (including phenoxy) is 2. The molecule has 0 aliphatic heterocycles. The average Bonchev–Trinajstić information content (AvgIpc) is 3.12. The van der Waals surface area contributed by atoms with Crippen LogP contribution >= 0.6 is 0 Å². The molecule has 0 radical (unpaired) electrons. The van der Waals surface area contributed by atoms with Gasteiger partial charge in [0.2, 0.25) is 0 Å². The van der Waals surface area contributed by atoms with Gasteiger partial charge >= 0.3 is 6.09 Å². The molecule has 4 nitrogen and oxygen atoms in total. The normalized spacial score (nSPS) is 17.5. The molecule has 1 amide bonds. The lowest BCUT2D eigenvalue weighted by Crippen LogP contribution is -2.44. The number of fused-ring (bicyclic) bond motifs is 1. The smallest absolute Gasteiger partial charge is 0.410 e. The molecule has 4 rings (SSSR count). The molecule has 1 aliphatic carbocycles. The monoisotopic (exact) mass is 429 g/mol. The zero-order valence-electron chi connectivity index (χ0n) is 19.2. The van der Waals surface area contributed by atoms with Crippen LogP contribution in [0.2, 0.25) is 0 Å². The summed E-state index contributed by atoms with van der Waals surface area (Å²) >= 11 is 0. The zero-order valence-corrected chi connectivity index (χ0v) is 19.2. The number of benzene rings is 3. The summed E-state index contributed by atoms with van der Waals surface area (Å²) in [6.45, 7) is 5.65. The Morgan fingerprint density at radius 2 is 1.59 bits per heavy atom.